The summed E-state index contributed by atoms with van der Waals surface area (Å²) in [5.74, 6) is 0.395. The van der Waals surface area contributed by atoms with Crippen LogP contribution in [0.4, 0.5) is 0 Å². The van der Waals surface area contributed by atoms with Crippen molar-refractivity contribution in [2.75, 3.05) is 5.75 Å². The first-order chi connectivity index (χ1) is 4.33. The largest absolute Gasteiger partial charge is 0.274 e. The third-order valence-corrected chi connectivity index (χ3v) is 2.27. The molecule has 1 unspecified atom stereocenters. The summed E-state index contributed by atoms with van der Waals surface area (Å²) in [6, 6.07) is 0. The van der Waals surface area contributed by atoms with Crippen molar-refractivity contribution in [2.45, 2.75) is 18.7 Å². The van der Waals surface area contributed by atoms with Crippen LogP contribution < -0.4 is 0 Å². The Morgan fingerprint density at radius 2 is 2.67 bits per heavy atom. The smallest absolute Gasteiger partial charge is 0.270 e. The van der Waals surface area contributed by atoms with Gasteiger partial charge in [-0.3, -0.25) is 4.79 Å². The average Bonchev–Trinajstić information content (AvgIpc) is 1.90. The number of thioether (sulfide) groups is 1. The Morgan fingerprint density at radius 1 is 1.89 bits per heavy atom. The second-order valence-corrected chi connectivity index (χ2v) is 2.95. The van der Waals surface area contributed by atoms with E-state index < -0.39 is 0 Å². The number of carbonyl (C=O) groups is 1. The van der Waals surface area contributed by atoms with E-state index in [9.17, 15) is 4.79 Å². The Kier molecular flexibility index (Phi) is 2.22. The summed E-state index contributed by atoms with van der Waals surface area (Å²) in [5.41, 5.74) is 0. The molecule has 1 aliphatic heterocycles. The highest BCUT2D eigenvalue weighted by molar-refractivity contribution is 8.00. The normalized spacial score (nSPS) is 26.8. The molecule has 1 atom stereocenters. The van der Waals surface area contributed by atoms with Gasteiger partial charge >= 0.3 is 0 Å². The number of hydrogen-bond donors (Lipinski definition) is 0. The summed E-state index contributed by atoms with van der Waals surface area (Å²) in [6.45, 7) is 2.03. The lowest BCUT2D eigenvalue weighted by Gasteiger charge is -2.09. The van der Waals surface area contributed by atoms with Crippen LogP contribution in [0.3, 0.4) is 0 Å². The second-order valence-electron chi connectivity index (χ2n) is 1.78. The van der Waals surface area contributed by atoms with Crippen LogP contribution in [-0.4, -0.2) is 17.0 Å². The maximum Gasteiger partial charge on any atom is 0.274 e. The van der Waals surface area contributed by atoms with E-state index in [1.807, 2.05) is 6.92 Å². The molecule has 0 fully saturated rings. The van der Waals surface area contributed by atoms with Crippen LogP contribution in [0.15, 0.2) is 10.2 Å². The van der Waals surface area contributed by atoms with E-state index >= 15 is 0 Å². The predicted octanol–water partition coefficient (Wildman–Crippen LogP) is 1.45. The molecule has 3 nitrogen and oxygen atoms in total. The van der Waals surface area contributed by atoms with Gasteiger partial charge in [-0.1, -0.05) is 6.92 Å². The zero-order valence-electron chi connectivity index (χ0n) is 5.20. The molecule has 0 bridgehead atoms. The monoisotopic (exact) mass is 144 g/mol. The molecule has 0 spiro atoms. The molecule has 0 aliphatic carbocycles. The lowest BCUT2D eigenvalue weighted by molar-refractivity contribution is -0.116. The van der Waals surface area contributed by atoms with Gasteiger partial charge in [-0.05, 0) is 6.42 Å². The van der Waals surface area contributed by atoms with Gasteiger partial charge in [0.25, 0.3) is 5.91 Å². The van der Waals surface area contributed by atoms with Crippen molar-refractivity contribution in [3.63, 3.8) is 0 Å². The predicted molar refractivity (Wildman–Crippen MR) is 36.4 cm³/mol. The Labute approximate surface area is 57.9 Å². The van der Waals surface area contributed by atoms with E-state index in [-0.39, 0.29) is 11.3 Å². The molecule has 4 heteroatoms. The van der Waals surface area contributed by atoms with Gasteiger partial charge in [-0.2, -0.15) is 5.11 Å². The Balaban J connectivity index is 2.48. The van der Waals surface area contributed by atoms with E-state index in [1.54, 1.807) is 11.8 Å². The minimum atomic E-state index is -0.107. The zero-order chi connectivity index (χ0) is 6.69. The maximum atomic E-state index is 10.4. The van der Waals surface area contributed by atoms with Gasteiger partial charge in [-0.15, -0.1) is 16.9 Å². The van der Waals surface area contributed by atoms with Crippen LogP contribution >= 0.6 is 11.8 Å². The van der Waals surface area contributed by atoms with Crippen LogP contribution in [0, 0.1) is 0 Å². The van der Waals surface area contributed by atoms with Crippen molar-refractivity contribution < 1.29 is 4.79 Å². The summed E-state index contributed by atoms with van der Waals surface area (Å²) >= 11 is 1.56. The van der Waals surface area contributed by atoms with Crippen LogP contribution in [0.2, 0.25) is 0 Å². The molecule has 1 rings (SSSR count). The average molecular weight is 144 g/mol. The van der Waals surface area contributed by atoms with Crippen molar-refractivity contribution >= 4 is 17.7 Å². The first-order valence-corrected chi connectivity index (χ1v) is 3.93. The molecule has 0 aromatic rings. The van der Waals surface area contributed by atoms with E-state index in [1.165, 1.54) is 0 Å². The summed E-state index contributed by atoms with van der Waals surface area (Å²) in [5, 5.41) is 7.44. The van der Waals surface area contributed by atoms with Crippen molar-refractivity contribution in [1.29, 1.82) is 0 Å². The standard InChI is InChI=1S/C5H8N2OS/c1-2-5-7-6-4(8)3-9-5/h5H,2-3H2,1H3. The molecule has 0 N–H and O–H groups in total. The molecule has 9 heavy (non-hydrogen) atoms. The van der Waals surface area contributed by atoms with Gasteiger partial charge in [-0.25, -0.2) is 0 Å². The second kappa shape index (κ2) is 2.96. The number of hydrogen-bond acceptors (Lipinski definition) is 3. The van der Waals surface area contributed by atoms with Crippen molar-refractivity contribution in [3.8, 4) is 0 Å². The molecule has 50 valence electrons. The number of carbonyl (C=O) groups excluding carboxylic acids is 1. The fraction of sp³-hybridized carbons (Fsp3) is 0.800. The molecule has 0 aromatic heterocycles. The van der Waals surface area contributed by atoms with Crippen molar-refractivity contribution in [1.82, 2.24) is 0 Å². The van der Waals surface area contributed by atoms with E-state index in [0.29, 0.717) is 5.75 Å². The fourth-order valence-corrected chi connectivity index (χ4v) is 1.30. The molecule has 1 amide bonds. The van der Waals surface area contributed by atoms with Gasteiger partial charge in [0.2, 0.25) is 0 Å². The van der Waals surface area contributed by atoms with E-state index in [0.717, 1.165) is 6.42 Å². The summed E-state index contributed by atoms with van der Waals surface area (Å²) in [7, 11) is 0. The quantitative estimate of drug-likeness (QED) is 0.559. The third kappa shape index (κ3) is 1.78. The lowest BCUT2D eigenvalue weighted by Crippen LogP contribution is -2.09. The van der Waals surface area contributed by atoms with Crippen LogP contribution in [0.1, 0.15) is 13.3 Å². The molecule has 1 aliphatic rings. The van der Waals surface area contributed by atoms with Crippen LogP contribution in [-0.2, 0) is 4.79 Å². The van der Waals surface area contributed by atoms with Crippen molar-refractivity contribution in [3.05, 3.63) is 0 Å². The molecule has 0 saturated heterocycles. The number of rotatable bonds is 1. The van der Waals surface area contributed by atoms with Crippen molar-refractivity contribution in [2.24, 2.45) is 10.2 Å². The zero-order valence-corrected chi connectivity index (χ0v) is 6.02. The topological polar surface area (TPSA) is 41.8 Å². The Hall–Kier alpha value is -0.380. The lowest BCUT2D eigenvalue weighted by atomic mass is 10.5. The van der Waals surface area contributed by atoms with Gasteiger partial charge in [0.15, 0.2) is 0 Å². The van der Waals surface area contributed by atoms with E-state index in [4.69, 9.17) is 0 Å². The van der Waals surface area contributed by atoms with Gasteiger partial charge < -0.3 is 0 Å². The minimum absolute atomic E-state index is 0.107. The fourth-order valence-electron chi connectivity index (χ4n) is 0.558. The highest BCUT2D eigenvalue weighted by Gasteiger charge is 2.13. The summed E-state index contributed by atoms with van der Waals surface area (Å²) in [6.07, 6.45) is 0.960. The number of nitrogens with zero attached hydrogens (tertiary/aromatic N) is 2. The summed E-state index contributed by atoms with van der Waals surface area (Å²) < 4.78 is 0. The Morgan fingerprint density at radius 3 is 3.11 bits per heavy atom. The SMILES string of the molecule is CCC1N=NC(=O)CS1. The molecular weight excluding hydrogens is 136 g/mol. The molecule has 0 aromatic carbocycles. The number of amides is 1. The molecule has 1 heterocycles. The highest BCUT2D eigenvalue weighted by Crippen LogP contribution is 2.19. The first kappa shape index (κ1) is 6.74. The molecule has 0 radical (unpaired) electrons. The third-order valence-electron chi connectivity index (χ3n) is 1.05. The highest BCUT2D eigenvalue weighted by atomic mass is 32.2. The first-order valence-electron chi connectivity index (χ1n) is 2.88. The number of azo groups is 1. The molecule has 0 saturated carbocycles. The minimum Gasteiger partial charge on any atom is -0.270 e. The van der Waals surface area contributed by atoms with Crippen LogP contribution in [0.5, 0.6) is 0 Å². The van der Waals surface area contributed by atoms with E-state index in [2.05, 4.69) is 10.2 Å². The van der Waals surface area contributed by atoms with Gasteiger partial charge in [0.1, 0.15) is 5.37 Å². The maximum absolute atomic E-state index is 10.4. The van der Waals surface area contributed by atoms with Gasteiger partial charge in [0.05, 0.1) is 5.75 Å². The van der Waals surface area contributed by atoms with Gasteiger partial charge in [0, 0.05) is 0 Å². The summed E-state index contributed by atoms with van der Waals surface area (Å²) in [4.78, 5) is 10.4. The molecular formula is C5H8N2OS. The Bertz CT molecular complexity index is 146. The van der Waals surface area contributed by atoms with Crippen LogP contribution in [0.25, 0.3) is 0 Å².